The van der Waals surface area contributed by atoms with E-state index < -0.39 is 5.97 Å². The summed E-state index contributed by atoms with van der Waals surface area (Å²) in [6.07, 6.45) is 0. The summed E-state index contributed by atoms with van der Waals surface area (Å²) in [5.41, 5.74) is 2.13. The molecule has 0 radical (unpaired) electrons. The largest absolute Gasteiger partial charge is 0.452 e. The summed E-state index contributed by atoms with van der Waals surface area (Å²) < 4.78 is 5.82. The van der Waals surface area contributed by atoms with E-state index in [9.17, 15) is 9.59 Å². The van der Waals surface area contributed by atoms with E-state index in [0.717, 1.165) is 9.13 Å². The predicted octanol–water partition coefficient (Wildman–Crippen LogP) is 3.40. The Hall–Kier alpha value is -1.89. The normalized spacial score (nSPS) is 10.0. The number of aryl methyl sites for hydroxylation is 1. The molecule has 0 fully saturated rings. The summed E-state index contributed by atoms with van der Waals surface area (Å²) in [5.74, 6) is -0.858. The monoisotopic (exact) mass is 395 g/mol. The summed E-state index contributed by atoms with van der Waals surface area (Å²) in [6, 6.07) is 14.5. The van der Waals surface area contributed by atoms with Gasteiger partial charge in [-0.15, -0.1) is 0 Å². The Kier molecular flexibility index (Phi) is 5.32. The Balaban J connectivity index is 1.91. The zero-order chi connectivity index (χ0) is 15.2. The molecule has 0 saturated carbocycles. The van der Waals surface area contributed by atoms with Crippen molar-refractivity contribution in [1.82, 2.24) is 0 Å². The molecule has 2 aromatic rings. The third kappa shape index (κ3) is 4.29. The van der Waals surface area contributed by atoms with Gasteiger partial charge in [0, 0.05) is 9.26 Å². The van der Waals surface area contributed by atoms with Gasteiger partial charge in [0.2, 0.25) is 0 Å². The molecular weight excluding hydrogens is 381 g/mol. The van der Waals surface area contributed by atoms with Gasteiger partial charge in [0.1, 0.15) is 0 Å². The Labute approximate surface area is 136 Å². The van der Waals surface area contributed by atoms with E-state index in [4.69, 9.17) is 4.74 Å². The molecule has 2 rings (SSSR count). The van der Waals surface area contributed by atoms with Crippen LogP contribution in [0.4, 0.5) is 5.69 Å². The minimum absolute atomic E-state index is 0.307. The van der Waals surface area contributed by atoms with Crippen molar-refractivity contribution >= 4 is 40.2 Å². The van der Waals surface area contributed by atoms with Gasteiger partial charge in [-0.2, -0.15) is 0 Å². The highest BCUT2D eigenvalue weighted by atomic mass is 127. The van der Waals surface area contributed by atoms with E-state index in [-0.39, 0.29) is 12.5 Å². The van der Waals surface area contributed by atoms with E-state index in [1.807, 2.05) is 37.3 Å². The molecule has 0 unspecified atom stereocenters. The first-order valence-electron chi connectivity index (χ1n) is 6.35. The molecule has 0 spiro atoms. The average Bonchev–Trinajstić information content (AvgIpc) is 2.48. The molecule has 0 aliphatic heterocycles. The number of rotatable bonds is 4. The number of benzene rings is 2. The molecule has 1 N–H and O–H groups in total. The average molecular weight is 395 g/mol. The smallest absolute Gasteiger partial charge is 0.339 e. The maximum absolute atomic E-state index is 11.9. The lowest BCUT2D eigenvalue weighted by atomic mass is 10.2. The first-order valence-corrected chi connectivity index (χ1v) is 7.43. The van der Waals surface area contributed by atoms with Crippen molar-refractivity contribution in [3.05, 3.63) is 63.2 Å². The number of halogens is 1. The first-order chi connectivity index (χ1) is 10.1. The lowest BCUT2D eigenvalue weighted by molar-refractivity contribution is -0.119. The quantitative estimate of drug-likeness (QED) is 0.638. The van der Waals surface area contributed by atoms with Crippen LogP contribution in [-0.2, 0) is 9.53 Å². The van der Waals surface area contributed by atoms with E-state index >= 15 is 0 Å². The SMILES string of the molecule is Cc1ccccc1NC(=O)COC(=O)c1ccccc1I. The van der Waals surface area contributed by atoms with Crippen molar-refractivity contribution in [2.75, 3.05) is 11.9 Å². The number of para-hydroxylation sites is 1. The fourth-order valence-corrected chi connectivity index (χ4v) is 2.34. The summed E-state index contributed by atoms with van der Waals surface area (Å²) in [4.78, 5) is 23.7. The lowest BCUT2D eigenvalue weighted by Gasteiger charge is -2.09. The standard InChI is InChI=1S/C16H14INO3/c1-11-6-2-5-9-14(11)18-15(19)10-21-16(20)12-7-3-4-8-13(12)17/h2-9H,10H2,1H3,(H,18,19). The molecule has 0 saturated heterocycles. The second kappa shape index (κ2) is 7.21. The zero-order valence-electron chi connectivity index (χ0n) is 11.4. The van der Waals surface area contributed by atoms with E-state index in [2.05, 4.69) is 27.9 Å². The van der Waals surface area contributed by atoms with Gasteiger partial charge in [0.15, 0.2) is 6.61 Å². The molecule has 4 nitrogen and oxygen atoms in total. The van der Waals surface area contributed by atoms with Crippen molar-refractivity contribution < 1.29 is 14.3 Å². The van der Waals surface area contributed by atoms with E-state index in [0.29, 0.717) is 11.3 Å². The first kappa shape index (κ1) is 15.5. The van der Waals surface area contributed by atoms with E-state index in [1.54, 1.807) is 18.2 Å². The summed E-state index contributed by atoms with van der Waals surface area (Å²) in [6.45, 7) is 1.59. The van der Waals surface area contributed by atoms with Crippen molar-refractivity contribution in [1.29, 1.82) is 0 Å². The third-order valence-electron chi connectivity index (χ3n) is 2.85. The van der Waals surface area contributed by atoms with E-state index in [1.165, 1.54) is 0 Å². The lowest BCUT2D eigenvalue weighted by Crippen LogP contribution is -2.21. The highest BCUT2D eigenvalue weighted by Crippen LogP contribution is 2.14. The maximum Gasteiger partial charge on any atom is 0.339 e. The Bertz CT molecular complexity index is 670. The second-order valence-electron chi connectivity index (χ2n) is 4.42. The molecule has 0 atom stereocenters. The molecular formula is C16H14INO3. The van der Waals surface area contributed by atoms with Crippen LogP contribution < -0.4 is 5.32 Å². The van der Waals surface area contributed by atoms with Gasteiger partial charge in [-0.1, -0.05) is 30.3 Å². The zero-order valence-corrected chi connectivity index (χ0v) is 13.6. The Morgan fingerprint density at radius 1 is 1.10 bits per heavy atom. The van der Waals surface area contributed by atoms with Gasteiger partial charge < -0.3 is 10.1 Å². The number of hydrogen-bond donors (Lipinski definition) is 1. The number of ether oxygens (including phenoxy) is 1. The van der Waals surface area contributed by atoms with Gasteiger partial charge in [0.05, 0.1) is 5.56 Å². The van der Waals surface area contributed by atoms with Crippen LogP contribution in [0.3, 0.4) is 0 Å². The van der Waals surface area contributed by atoms with Crippen LogP contribution >= 0.6 is 22.6 Å². The summed E-state index contributed by atoms with van der Waals surface area (Å²) in [5, 5.41) is 2.71. The van der Waals surface area contributed by atoms with Crippen LogP contribution in [-0.4, -0.2) is 18.5 Å². The van der Waals surface area contributed by atoms with Gasteiger partial charge >= 0.3 is 5.97 Å². The molecule has 0 bridgehead atoms. The number of carbonyl (C=O) groups is 2. The molecule has 0 heterocycles. The van der Waals surface area contributed by atoms with Crippen molar-refractivity contribution in [3.63, 3.8) is 0 Å². The minimum atomic E-state index is -0.500. The fraction of sp³-hybridized carbons (Fsp3) is 0.125. The van der Waals surface area contributed by atoms with Crippen molar-refractivity contribution in [3.8, 4) is 0 Å². The van der Waals surface area contributed by atoms with Crippen LogP contribution in [0.1, 0.15) is 15.9 Å². The second-order valence-corrected chi connectivity index (χ2v) is 5.58. The fourth-order valence-electron chi connectivity index (χ4n) is 1.74. The minimum Gasteiger partial charge on any atom is -0.452 e. The molecule has 0 aliphatic rings. The van der Waals surface area contributed by atoms with Gasteiger partial charge in [-0.3, -0.25) is 4.79 Å². The third-order valence-corrected chi connectivity index (χ3v) is 3.79. The number of esters is 1. The number of nitrogens with one attached hydrogen (secondary N) is 1. The summed E-state index contributed by atoms with van der Waals surface area (Å²) in [7, 11) is 0. The molecule has 1 amide bonds. The van der Waals surface area contributed by atoms with Crippen LogP contribution in [0.2, 0.25) is 0 Å². The highest BCUT2D eigenvalue weighted by Gasteiger charge is 2.13. The van der Waals surface area contributed by atoms with Crippen LogP contribution in [0, 0.1) is 10.5 Å². The maximum atomic E-state index is 11.9. The molecule has 2 aromatic carbocycles. The number of amides is 1. The molecule has 108 valence electrons. The Morgan fingerprint density at radius 2 is 1.76 bits per heavy atom. The number of carbonyl (C=O) groups excluding carboxylic acids is 2. The highest BCUT2D eigenvalue weighted by molar-refractivity contribution is 14.1. The van der Waals surface area contributed by atoms with Gasteiger partial charge in [-0.25, -0.2) is 4.79 Å². The number of hydrogen-bond acceptors (Lipinski definition) is 3. The van der Waals surface area contributed by atoms with Crippen LogP contribution in [0.5, 0.6) is 0 Å². The van der Waals surface area contributed by atoms with Crippen LogP contribution in [0.15, 0.2) is 48.5 Å². The number of anilines is 1. The van der Waals surface area contributed by atoms with Gasteiger partial charge in [0.25, 0.3) is 5.91 Å². The molecule has 0 aromatic heterocycles. The topological polar surface area (TPSA) is 55.4 Å². The molecule has 21 heavy (non-hydrogen) atoms. The predicted molar refractivity (Wildman–Crippen MR) is 89.3 cm³/mol. The van der Waals surface area contributed by atoms with Gasteiger partial charge in [-0.05, 0) is 53.3 Å². The van der Waals surface area contributed by atoms with Crippen molar-refractivity contribution in [2.24, 2.45) is 0 Å². The molecule has 5 heteroatoms. The Morgan fingerprint density at radius 3 is 2.48 bits per heavy atom. The summed E-state index contributed by atoms with van der Waals surface area (Å²) >= 11 is 2.05. The van der Waals surface area contributed by atoms with Crippen LogP contribution in [0.25, 0.3) is 0 Å². The van der Waals surface area contributed by atoms with Crippen molar-refractivity contribution in [2.45, 2.75) is 6.92 Å². The molecule has 0 aliphatic carbocycles.